The zero-order valence-corrected chi connectivity index (χ0v) is 17.5. The molecule has 2 aromatic rings. The lowest BCUT2D eigenvalue weighted by Crippen LogP contribution is -2.31. The van der Waals surface area contributed by atoms with Gasteiger partial charge in [0.05, 0.1) is 4.92 Å². The van der Waals surface area contributed by atoms with Gasteiger partial charge in [-0.05, 0) is 37.1 Å². The molecule has 2 aromatic carbocycles. The molecule has 0 radical (unpaired) electrons. The number of amides is 1. The number of nitriles is 1. The number of benzene rings is 2. The number of carbonyl (C=O) groups excluding carboxylic acids is 2. The highest BCUT2D eigenvalue weighted by Crippen LogP contribution is 2.38. The van der Waals surface area contributed by atoms with Gasteiger partial charge in [-0.2, -0.15) is 5.26 Å². The molecular formula is C22H21N3O7. The predicted molar refractivity (Wildman–Crippen MR) is 114 cm³/mol. The first-order valence-corrected chi connectivity index (χ1v) is 9.61. The molecule has 0 fully saturated rings. The van der Waals surface area contributed by atoms with E-state index in [0.717, 1.165) is 18.2 Å². The summed E-state index contributed by atoms with van der Waals surface area (Å²) in [4.78, 5) is 36.3. The molecule has 10 nitrogen and oxygen atoms in total. The molecule has 0 saturated carbocycles. The number of hydrogen-bond acceptors (Lipinski definition) is 8. The fourth-order valence-electron chi connectivity index (χ4n) is 2.74. The van der Waals surface area contributed by atoms with Crippen molar-refractivity contribution in [1.29, 1.82) is 5.26 Å². The van der Waals surface area contributed by atoms with Crippen LogP contribution in [0.25, 0.3) is 6.08 Å². The van der Waals surface area contributed by atoms with Crippen LogP contribution in [0.3, 0.4) is 0 Å². The van der Waals surface area contributed by atoms with E-state index in [1.165, 1.54) is 4.90 Å². The molecule has 0 heterocycles. The minimum Gasteiger partial charge on any atom is -0.499 e. The second-order valence-corrected chi connectivity index (χ2v) is 6.42. The standard InChI is InChI=1S/C22H21N3O7/c1-3-24(4-2)21(27)17(13-23)10-16-11-18(25(29)30)20(26)19(12-16)32-22(28)31-14-15-8-6-5-7-9-15/h5-12,26H,3-4,14H2,1-2H3. The summed E-state index contributed by atoms with van der Waals surface area (Å²) < 4.78 is 9.90. The van der Waals surface area contributed by atoms with E-state index in [1.807, 2.05) is 0 Å². The molecule has 0 spiro atoms. The van der Waals surface area contributed by atoms with Crippen molar-refractivity contribution in [1.82, 2.24) is 4.90 Å². The molecule has 0 aliphatic heterocycles. The molecule has 32 heavy (non-hydrogen) atoms. The van der Waals surface area contributed by atoms with Gasteiger partial charge < -0.3 is 19.5 Å². The summed E-state index contributed by atoms with van der Waals surface area (Å²) in [6, 6.07) is 12.6. The first-order valence-electron chi connectivity index (χ1n) is 9.61. The fourth-order valence-corrected chi connectivity index (χ4v) is 2.74. The molecule has 0 unspecified atom stereocenters. The lowest BCUT2D eigenvalue weighted by molar-refractivity contribution is -0.385. The lowest BCUT2D eigenvalue weighted by atomic mass is 10.1. The number of nitro benzene ring substituents is 1. The second kappa shape index (κ2) is 11.1. The van der Waals surface area contributed by atoms with Gasteiger partial charge in [0.1, 0.15) is 18.2 Å². The first kappa shape index (κ1) is 23.9. The van der Waals surface area contributed by atoms with E-state index >= 15 is 0 Å². The van der Waals surface area contributed by atoms with E-state index in [9.17, 15) is 30.1 Å². The summed E-state index contributed by atoms with van der Waals surface area (Å²) >= 11 is 0. The zero-order valence-electron chi connectivity index (χ0n) is 17.5. The molecule has 0 atom stereocenters. The van der Waals surface area contributed by atoms with Crippen LogP contribution in [0, 0.1) is 21.4 Å². The average molecular weight is 439 g/mol. The number of nitrogens with zero attached hydrogens (tertiary/aromatic N) is 3. The van der Waals surface area contributed by atoms with Gasteiger partial charge in [0, 0.05) is 19.2 Å². The number of phenols is 1. The number of rotatable bonds is 8. The van der Waals surface area contributed by atoms with Crippen LogP contribution in [0.2, 0.25) is 0 Å². The largest absolute Gasteiger partial charge is 0.514 e. The third-order valence-electron chi connectivity index (χ3n) is 4.38. The Balaban J connectivity index is 2.34. The smallest absolute Gasteiger partial charge is 0.499 e. The van der Waals surface area contributed by atoms with Crippen LogP contribution in [0.1, 0.15) is 25.0 Å². The Morgan fingerprint density at radius 2 is 1.88 bits per heavy atom. The maximum Gasteiger partial charge on any atom is 0.514 e. The van der Waals surface area contributed by atoms with Crippen molar-refractivity contribution >= 4 is 23.8 Å². The number of phenolic OH excluding ortho intramolecular Hbond substituents is 1. The molecule has 166 valence electrons. The van der Waals surface area contributed by atoms with Crippen LogP contribution in [0.15, 0.2) is 48.0 Å². The monoisotopic (exact) mass is 439 g/mol. The summed E-state index contributed by atoms with van der Waals surface area (Å²) in [5.41, 5.74) is -0.342. The van der Waals surface area contributed by atoms with Crippen molar-refractivity contribution < 1.29 is 29.1 Å². The highest BCUT2D eigenvalue weighted by Gasteiger charge is 2.23. The third-order valence-corrected chi connectivity index (χ3v) is 4.38. The Morgan fingerprint density at radius 1 is 1.22 bits per heavy atom. The van der Waals surface area contributed by atoms with E-state index in [4.69, 9.17) is 9.47 Å². The summed E-state index contributed by atoms with van der Waals surface area (Å²) in [6.07, 6.45) is -0.0748. The Hall–Kier alpha value is -4.39. The van der Waals surface area contributed by atoms with E-state index in [1.54, 1.807) is 50.2 Å². The molecule has 0 aromatic heterocycles. The minimum atomic E-state index is -1.20. The molecule has 2 rings (SSSR count). The van der Waals surface area contributed by atoms with Crippen LogP contribution < -0.4 is 4.74 Å². The maximum absolute atomic E-state index is 12.5. The van der Waals surface area contributed by atoms with Crippen molar-refractivity contribution in [3.05, 3.63) is 69.3 Å². The average Bonchev–Trinajstić information content (AvgIpc) is 2.79. The van der Waals surface area contributed by atoms with Crippen molar-refractivity contribution in [3.63, 3.8) is 0 Å². The van der Waals surface area contributed by atoms with Crippen LogP contribution in [0.5, 0.6) is 11.5 Å². The molecule has 0 bridgehead atoms. The molecule has 0 aliphatic carbocycles. The predicted octanol–water partition coefficient (Wildman–Crippen LogP) is 3.79. The highest BCUT2D eigenvalue weighted by atomic mass is 16.7. The van der Waals surface area contributed by atoms with E-state index in [-0.39, 0.29) is 17.7 Å². The Morgan fingerprint density at radius 3 is 2.44 bits per heavy atom. The fraction of sp³-hybridized carbons (Fsp3) is 0.227. The van der Waals surface area contributed by atoms with Gasteiger partial charge in [0.15, 0.2) is 5.75 Å². The van der Waals surface area contributed by atoms with Gasteiger partial charge in [-0.25, -0.2) is 4.79 Å². The first-order chi connectivity index (χ1) is 15.3. The third kappa shape index (κ3) is 6.06. The summed E-state index contributed by atoms with van der Waals surface area (Å²) in [6.45, 7) is 4.11. The number of hydrogen-bond donors (Lipinski definition) is 1. The SMILES string of the molecule is CCN(CC)C(=O)C(C#N)=Cc1cc(OC(=O)OCc2ccccc2)c(O)c([N+](=O)[O-])c1. The minimum absolute atomic E-state index is 0.0115. The van der Waals surface area contributed by atoms with Gasteiger partial charge in [-0.1, -0.05) is 30.3 Å². The number of carbonyl (C=O) groups is 2. The summed E-state index contributed by atoms with van der Waals surface area (Å²) in [5.74, 6) is -1.99. The van der Waals surface area contributed by atoms with Crippen molar-refractivity contribution in [2.45, 2.75) is 20.5 Å². The van der Waals surface area contributed by atoms with Gasteiger partial charge in [-0.3, -0.25) is 14.9 Å². The molecule has 0 saturated heterocycles. The van der Waals surface area contributed by atoms with Crippen molar-refractivity contribution in [2.75, 3.05) is 13.1 Å². The van der Waals surface area contributed by atoms with E-state index in [2.05, 4.69) is 0 Å². The maximum atomic E-state index is 12.5. The number of likely N-dealkylation sites (N-methyl/N-ethyl adjacent to an activating group) is 1. The topological polar surface area (TPSA) is 143 Å². The number of ether oxygens (including phenoxy) is 2. The molecule has 1 N–H and O–H groups in total. The van der Waals surface area contributed by atoms with Crippen molar-refractivity contribution in [3.8, 4) is 17.6 Å². The van der Waals surface area contributed by atoms with E-state index < -0.39 is 34.2 Å². The van der Waals surface area contributed by atoms with Crippen LogP contribution in [0.4, 0.5) is 10.5 Å². The molecule has 0 aliphatic rings. The molecule has 10 heteroatoms. The van der Waals surface area contributed by atoms with Crippen LogP contribution in [-0.4, -0.2) is 40.1 Å². The summed E-state index contributed by atoms with van der Waals surface area (Å²) in [5, 5.41) is 30.8. The van der Waals surface area contributed by atoms with Crippen LogP contribution in [-0.2, 0) is 16.1 Å². The molecule has 1 amide bonds. The quantitative estimate of drug-likeness (QED) is 0.163. The number of nitro groups is 1. The highest BCUT2D eigenvalue weighted by molar-refractivity contribution is 6.01. The summed E-state index contributed by atoms with van der Waals surface area (Å²) in [7, 11) is 0. The van der Waals surface area contributed by atoms with Crippen molar-refractivity contribution in [2.24, 2.45) is 0 Å². The normalized spacial score (nSPS) is 10.7. The zero-order chi connectivity index (χ0) is 23.7. The second-order valence-electron chi connectivity index (χ2n) is 6.42. The van der Waals surface area contributed by atoms with Gasteiger partial charge >= 0.3 is 11.8 Å². The van der Waals surface area contributed by atoms with E-state index in [0.29, 0.717) is 18.7 Å². The Bertz CT molecular complexity index is 1070. The van der Waals surface area contributed by atoms with Gasteiger partial charge in [0.25, 0.3) is 5.91 Å². The lowest BCUT2D eigenvalue weighted by Gasteiger charge is -2.17. The van der Waals surface area contributed by atoms with Crippen LogP contribution >= 0.6 is 0 Å². The van der Waals surface area contributed by atoms with Gasteiger partial charge in [-0.15, -0.1) is 0 Å². The number of aromatic hydroxyl groups is 1. The molecular weight excluding hydrogens is 418 g/mol. The van der Waals surface area contributed by atoms with Gasteiger partial charge in [0.2, 0.25) is 5.75 Å². The Labute approximate surface area is 184 Å². The Kier molecular flexibility index (Phi) is 8.30.